The van der Waals surface area contributed by atoms with Gasteiger partial charge in [0.15, 0.2) is 0 Å². The predicted molar refractivity (Wildman–Crippen MR) is 167 cm³/mol. The molecule has 0 unspecified atom stereocenters. The van der Waals surface area contributed by atoms with E-state index in [1.165, 1.54) is 16.7 Å². The van der Waals surface area contributed by atoms with Crippen LogP contribution in [0.1, 0.15) is 98.8 Å². The van der Waals surface area contributed by atoms with Crippen molar-refractivity contribution in [3.8, 4) is 17.6 Å². The number of hydrogen-bond donors (Lipinski definition) is 2. The van der Waals surface area contributed by atoms with Gasteiger partial charge in [-0.2, -0.15) is 30.7 Å². The molecule has 3 aliphatic carbocycles. The lowest BCUT2D eigenvalue weighted by molar-refractivity contribution is -0.355. The highest BCUT2D eigenvalue weighted by Crippen LogP contribution is 2.65. The molecule has 0 bridgehead atoms. The fourth-order valence-corrected chi connectivity index (χ4v) is 8.52. The highest BCUT2D eigenvalue weighted by molar-refractivity contribution is 5.75. The molecule has 0 saturated heterocycles. The molecule has 0 aromatic heterocycles. The molecule has 48 heavy (non-hydrogen) atoms. The number of carbonyl (C=O) groups excluding carboxylic acids is 1. The van der Waals surface area contributed by atoms with Crippen LogP contribution in [0.3, 0.4) is 0 Å². The van der Waals surface area contributed by atoms with Gasteiger partial charge in [-0.3, -0.25) is 4.79 Å². The van der Waals surface area contributed by atoms with E-state index in [0.29, 0.717) is 37.0 Å². The SMILES string of the molecule is CN(CC(F)(F)C(F)(F)C(F)(F)F)C(=O)CCCCCC#Cc1ccc([C@H]2C[C@]3(C)[C@@H](O)CC[C@H]3[C@@H]3CCc4cc(O)ccc4[C@H]32)cc1. The Balaban J connectivity index is 1.15. The molecule has 0 radical (unpaired) electrons. The third kappa shape index (κ3) is 6.92. The molecule has 5 rings (SSSR count). The summed E-state index contributed by atoms with van der Waals surface area (Å²) in [7, 11) is 0.779. The van der Waals surface area contributed by atoms with Crippen LogP contribution in [0.15, 0.2) is 42.5 Å². The number of hydrogen-bond acceptors (Lipinski definition) is 3. The van der Waals surface area contributed by atoms with Crippen LogP contribution in [0.4, 0.5) is 30.7 Å². The minimum absolute atomic E-state index is 0.147. The average Bonchev–Trinajstić information content (AvgIpc) is 3.32. The van der Waals surface area contributed by atoms with Crippen molar-refractivity contribution in [2.75, 3.05) is 13.6 Å². The lowest BCUT2D eigenvalue weighted by Gasteiger charge is -2.54. The molecule has 2 aromatic rings. The summed E-state index contributed by atoms with van der Waals surface area (Å²) < 4.78 is 90.5. The van der Waals surface area contributed by atoms with Crippen LogP contribution in [-0.4, -0.2) is 58.7 Å². The Labute approximate surface area is 276 Å². The van der Waals surface area contributed by atoms with E-state index in [2.05, 4.69) is 37.0 Å². The quantitative estimate of drug-likeness (QED) is 0.158. The van der Waals surface area contributed by atoms with Gasteiger partial charge in [0.25, 0.3) is 0 Å². The number of benzene rings is 2. The van der Waals surface area contributed by atoms with Crippen LogP contribution >= 0.6 is 0 Å². The summed E-state index contributed by atoms with van der Waals surface area (Å²) in [6.45, 7) is 0.210. The number of nitrogens with zero attached hydrogens (tertiary/aromatic N) is 1. The molecule has 11 heteroatoms. The topological polar surface area (TPSA) is 60.8 Å². The second-order valence-electron chi connectivity index (χ2n) is 14.1. The summed E-state index contributed by atoms with van der Waals surface area (Å²) in [5, 5.41) is 21.2. The summed E-state index contributed by atoms with van der Waals surface area (Å²) in [5.74, 6) is -4.70. The molecule has 2 aromatic carbocycles. The first-order chi connectivity index (χ1) is 22.5. The maximum absolute atomic E-state index is 13.6. The van der Waals surface area contributed by atoms with E-state index in [-0.39, 0.29) is 40.9 Å². The number of aromatic hydroxyl groups is 1. The Bertz CT molecular complexity index is 1530. The van der Waals surface area contributed by atoms with Crippen LogP contribution in [0.25, 0.3) is 0 Å². The van der Waals surface area contributed by atoms with Crippen molar-refractivity contribution < 1.29 is 45.7 Å². The molecular weight excluding hydrogens is 639 g/mol. The van der Waals surface area contributed by atoms with Crippen molar-refractivity contribution in [1.82, 2.24) is 4.90 Å². The van der Waals surface area contributed by atoms with Gasteiger partial charge in [-0.1, -0.05) is 43.4 Å². The first kappa shape index (κ1) is 36.0. The van der Waals surface area contributed by atoms with Crippen molar-refractivity contribution in [1.29, 1.82) is 0 Å². The molecule has 1 amide bonds. The first-order valence-corrected chi connectivity index (χ1v) is 16.6. The number of alkyl halides is 7. The number of fused-ring (bicyclic) bond motifs is 5. The standard InChI is InChI=1S/C37H42F7NO3/c1-34-21-29(33-27-17-15-26(46)20-25(27)14-16-28(33)30(34)18-19-31(34)47)24-12-10-23(11-13-24)8-6-4-3-5-7-9-32(48)45(2)22-35(38,39)36(40,41)37(42,43)44/h10-13,15,17,20,28-31,33,46-47H,3-5,7,9,14,16,18-19,21-22H2,1-2H3/t28-,29+,30-,31-,33+,34-/m0/s1. The molecule has 262 valence electrons. The van der Waals surface area contributed by atoms with E-state index >= 15 is 0 Å². The van der Waals surface area contributed by atoms with Gasteiger partial charge >= 0.3 is 18.0 Å². The third-order valence-corrected chi connectivity index (χ3v) is 11.1. The van der Waals surface area contributed by atoms with E-state index in [0.717, 1.165) is 44.7 Å². The van der Waals surface area contributed by atoms with Crippen LogP contribution in [0.5, 0.6) is 5.75 Å². The molecule has 3 aliphatic rings. The number of amides is 1. The van der Waals surface area contributed by atoms with Crippen LogP contribution < -0.4 is 0 Å². The fourth-order valence-electron chi connectivity index (χ4n) is 8.52. The largest absolute Gasteiger partial charge is 0.508 e. The number of phenols is 1. The summed E-state index contributed by atoms with van der Waals surface area (Å²) >= 11 is 0. The number of aliphatic hydroxyl groups is 1. The van der Waals surface area contributed by atoms with Crippen LogP contribution in [0.2, 0.25) is 0 Å². The Kier molecular flexibility index (Phi) is 10.2. The Hall–Kier alpha value is -3.26. The van der Waals surface area contributed by atoms with Gasteiger partial charge in [0.2, 0.25) is 5.91 Å². The highest BCUT2D eigenvalue weighted by Gasteiger charge is 2.73. The Morgan fingerprint density at radius 3 is 2.38 bits per heavy atom. The minimum Gasteiger partial charge on any atom is -0.508 e. The van der Waals surface area contributed by atoms with Crippen LogP contribution in [0, 0.1) is 29.1 Å². The molecular formula is C37H42F7NO3. The summed E-state index contributed by atoms with van der Waals surface area (Å²) in [4.78, 5) is 12.3. The van der Waals surface area contributed by atoms with E-state index in [4.69, 9.17) is 0 Å². The maximum Gasteiger partial charge on any atom is 0.459 e. The zero-order chi connectivity index (χ0) is 35.1. The van der Waals surface area contributed by atoms with Gasteiger partial charge in [-0.05, 0) is 115 Å². The van der Waals surface area contributed by atoms with Crippen molar-refractivity contribution in [3.05, 3.63) is 64.7 Å². The Morgan fingerprint density at radius 2 is 1.69 bits per heavy atom. The van der Waals surface area contributed by atoms with Gasteiger partial charge in [0, 0.05) is 25.5 Å². The van der Waals surface area contributed by atoms with E-state index < -0.39 is 30.5 Å². The van der Waals surface area contributed by atoms with Gasteiger partial charge in [0.1, 0.15) is 5.75 Å². The molecule has 6 atom stereocenters. The number of aryl methyl sites for hydroxylation is 1. The average molecular weight is 682 g/mol. The summed E-state index contributed by atoms with van der Waals surface area (Å²) in [5.41, 5.74) is 4.39. The van der Waals surface area contributed by atoms with Crippen molar-refractivity contribution in [3.63, 3.8) is 0 Å². The monoisotopic (exact) mass is 681 g/mol. The highest BCUT2D eigenvalue weighted by atomic mass is 19.4. The lowest BCUT2D eigenvalue weighted by Crippen LogP contribution is -2.57. The van der Waals surface area contributed by atoms with E-state index in [1.807, 2.05) is 18.2 Å². The number of aliphatic hydroxyl groups excluding tert-OH is 1. The second-order valence-corrected chi connectivity index (χ2v) is 14.1. The van der Waals surface area contributed by atoms with Gasteiger partial charge in [-0.15, -0.1) is 0 Å². The van der Waals surface area contributed by atoms with Crippen molar-refractivity contribution >= 4 is 5.91 Å². The minimum atomic E-state index is -6.43. The number of carbonyl (C=O) groups is 1. The van der Waals surface area contributed by atoms with Crippen molar-refractivity contribution in [2.45, 2.75) is 107 Å². The Morgan fingerprint density at radius 1 is 0.979 bits per heavy atom. The molecule has 2 N–H and O–H groups in total. The third-order valence-electron chi connectivity index (χ3n) is 11.1. The molecule has 2 fully saturated rings. The summed E-state index contributed by atoms with van der Waals surface area (Å²) in [6.07, 6.45) is -0.475. The fraction of sp³-hybridized carbons (Fsp3) is 0.595. The number of rotatable bonds is 9. The van der Waals surface area contributed by atoms with Gasteiger partial charge in [-0.25, -0.2) is 0 Å². The van der Waals surface area contributed by atoms with E-state index in [9.17, 15) is 45.7 Å². The smallest absolute Gasteiger partial charge is 0.459 e. The predicted octanol–water partition coefficient (Wildman–Crippen LogP) is 8.60. The van der Waals surface area contributed by atoms with Crippen LogP contribution in [-0.2, 0) is 11.2 Å². The first-order valence-electron chi connectivity index (χ1n) is 16.6. The summed E-state index contributed by atoms with van der Waals surface area (Å²) in [6, 6.07) is 14.0. The molecule has 0 aliphatic heterocycles. The van der Waals surface area contributed by atoms with Gasteiger partial charge in [0.05, 0.1) is 12.6 Å². The zero-order valence-electron chi connectivity index (χ0n) is 27.1. The molecule has 2 saturated carbocycles. The van der Waals surface area contributed by atoms with Gasteiger partial charge < -0.3 is 15.1 Å². The maximum atomic E-state index is 13.6. The number of phenolic OH excluding ortho intramolecular Hbond substituents is 1. The normalized spacial score (nSPS) is 26.9. The molecule has 0 spiro atoms. The second kappa shape index (κ2) is 13.6. The number of unbranched alkanes of at least 4 members (excludes halogenated alkanes) is 3. The van der Waals surface area contributed by atoms with E-state index in [1.54, 1.807) is 6.07 Å². The van der Waals surface area contributed by atoms with Crippen molar-refractivity contribution in [2.24, 2.45) is 17.3 Å². The number of halogens is 7. The zero-order valence-corrected chi connectivity index (χ0v) is 27.1. The molecule has 0 heterocycles. The lowest BCUT2D eigenvalue weighted by atomic mass is 9.51. The molecule has 4 nitrogen and oxygen atoms in total.